The maximum Gasteiger partial charge on any atom is 0.336 e. The van der Waals surface area contributed by atoms with Crippen LogP contribution in [0.2, 0.25) is 0 Å². The van der Waals surface area contributed by atoms with Crippen molar-refractivity contribution in [3.8, 4) is 0 Å². The Labute approximate surface area is 294 Å². The lowest BCUT2D eigenvalue weighted by atomic mass is 9.80. The minimum Gasteiger partial charge on any atom is -0.466 e. The maximum atomic E-state index is 13.6. The summed E-state index contributed by atoms with van der Waals surface area (Å²) in [6.45, 7) is 7.34. The molecular formula is C36H40N6O9. The van der Waals surface area contributed by atoms with Gasteiger partial charge in [-0.05, 0) is 58.1 Å². The summed E-state index contributed by atoms with van der Waals surface area (Å²) < 4.78 is 5.00. The first-order valence-electron chi connectivity index (χ1n) is 16.3. The zero-order valence-electron chi connectivity index (χ0n) is 29.0. The molecule has 4 N–H and O–H groups in total. The number of amides is 2. The highest BCUT2D eigenvalue weighted by Gasteiger charge is 2.38. The van der Waals surface area contributed by atoms with Crippen molar-refractivity contribution in [1.82, 2.24) is 21.3 Å². The van der Waals surface area contributed by atoms with E-state index < -0.39 is 39.5 Å². The van der Waals surface area contributed by atoms with Gasteiger partial charge in [-0.25, -0.2) is 4.79 Å². The number of unbranched alkanes of at least 4 members (excludes halogenated alkanes) is 2. The molecule has 0 saturated heterocycles. The number of aldehydes is 1. The topological polar surface area (TPSA) is 212 Å². The van der Waals surface area contributed by atoms with Gasteiger partial charge < -0.3 is 26.0 Å². The van der Waals surface area contributed by atoms with E-state index in [9.17, 15) is 39.4 Å². The second-order valence-corrected chi connectivity index (χ2v) is 12.2. The molecule has 0 aliphatic carbocycles. The lowest BCUT2D eigenvalue weighted by molar-refractivity contribution is -0.385. The molecule has 0 radical (unpaired) electrons. The largest absolute Gasteiger partial charge is 0.466 e. The van der Waals surface area contributed by atoms with E-state index >= 15 is 0 Å². The third-order valence-electron chi connectivity index (χ3n) is 8.85. The van der Waals surface area contributed by atoms with Gasteiger partial charge in [-0.1, -0.05) is 24.3 Å². The Hall–Kier alpha value is -6.12. The zero-order valence-corrected chi connectivity index (χ0v) is 29.0. The number of non-ortho nitro benzene ring substituents is 2. The molecule has 0 spiro atoms. The first-order chi connectivity index (χ1) is 24.3. The number of nitrogens with one attached hydrogen (secondary N) is 4. The summed E-state index contributed by atoms with van der Waals surface area (Å²) in [6, 6.07) is 11.7. The Morgan fingerprint density at radius 3 is 1.65 bits per heavy atom. The molecule has 2 aliphatic rings. The van der Waals surface area contributed by atoms with Crippen molar-refractivity contribution < 1.29 is 33.8 Å². The van der Waals surface area contributed by atoms with Crippen LogP contribution in [0.1, 0.15) is 69.9 Å². The van der Waals surface area contributed by atoms with Crippen molar-refractivity contribution in [2.24, 2.45) is 0 Å². The first kappa shape index (κ1) is 37.7. The third-order valence-corrected chi connectivity index (χ3v) is 8.85. The van der Waals surface area contributed by atoms with Gasteiger partial charge in [0.25, 0.3) is 11.4 Å². The van der Waals surface area contributed by atoms with Crippen LogP contribution in [-0.2, 0) is 23.9 Å². The number of esters is 1. The van der Waals surface area contributed by atoms with Crippen molar-refractivity contribution in [3.05, 3.63) is 125 Å². The van der Waals surface area contributed by atoms with Crippen molar-refractivity contribution in [2.75, 3.05) is 20.2 Å². The quantitative estimate of drug-likeness (QED) is 0.0711. The first-order valence-corrected chi connectivity index (χ1v) is 16.3. The second-order valence-electron chi connectivity index (χ2n) is 12.2. The standard InChI is InChI=1S/C36H40N6O9/c1-20-28(19-43)32(24-11-9-13-26(17-24)41(47)48)29(21(2)39-20)34(44)37-15-7-6-8-16-38-35(45)30-22(3)40-23(4)31(36(46)51-5)33(30)25-12-10-14-27(18-25)42(49)50/h9-14,17-19,32-33,39-40H,6-8,15-16H2,1-5H3,(H,37,44)(H,38,45). The van der Waals surface area contributed by atoms with Crippen molar-refractivity contribution in [3.63, 3.8) is 0 Å². The van der Waals surface area contributed by atoms with Crippen LogP contribution in [0, 0.1) is 20.2 Å². The number of ether oxygens (including phenoxy) is 1. The Kier molecular flexibility index (Phi) is 12.2. The second kappa shape index (κ2) is 16.5. The van der Waals surface area contributed by atoms with Gasteiger partial charge >= 0.3 is 5.97 Å². The zero-order chi connectivity index (χ0) is 37.4. The minimum absolute atomic E-state index is 0.153. The van der Waals surface area contributed by atoms with Gasteiger partial charge in [-0.2, -0.15) is 0 Å². The number of hydrogen-bond acceptors (Lipinski definition) is 11. The SMILES string of the molecule is COC(=O)C1=C(C)NC(C)=C(C(=O)NCCCCCNC(=O)C2=C(C)NC(C)=C(C=O)C2c2cccc([N+](=O)[O-])c2)C1c1cccc([N+](=O)[O-])c1. The Bertz CT molecular complexity index is 1910. The van der Waals surface area contributed by atoms with E-state index in [0.717, 1.165) is 0 Å². The van der Waals surface area contributed by atoms with E-state index in [1.165, 1.54) is 43.5 Å². The number of dihydropyridines is 2. The number of benzene rings is 2. The molecule has 0 saturated carbocycles. The van der Waals surface area contributed by atoms with Crippen LogP contribution in [0.5, 0.6) is 0 Å². The predicted molar refractivity (Wildman–Crippen MR) is 187 cm³/mol. The number of carbonyl (C=O) groups excluding carboxylic acids is 4. The molecule has 15 heteroatoms. The summed E-state index contributed by atoms with van der Waals surface area (Å²) in [7, 11) is 1.22. The molecule has 4 rings (SSSR count). The Morgan fingerprint density at radius 2 is 1.18 bits per heavy atom. The number of hydrogen-bond donors (Lipinski definition) is 4. The maximum absolute atomic E-state index is 13.6. The van der Waals surface area contributed by atoms with E-state index in [4.69, 9.17) is 4.74 Å². The monoisotopic (exact) mass is 700 g/mol. The third kappa shape index (κ3) is 8.37. The smallest absolute Gasteiger partial charge is 0.336 e. The van der Waals surface area contributed by atoms with E-state index in [1.54, 1.807) is 39.8 Å². The highest BCUT2D eigenvalue weighted by Crippen LogP contribution is 2.40. The fourth-order valence-electron chi connectivity index (χ4n) is 6.48. The fraction of sp³-hybridized carbons (Fsp3) is 0.333. The van der Waals surface area contributed by atoms with Gasteiger partial charge in [0.2, 0.25) is 11.8 Å². The number of carbonyl (C=O) groups is 4. The molecule has 2 heterocycles. The van der Waals surface area contributed by atoms with Gasteiger partial charge in [-0.3, -0.25) is 34.6 Å². The average Bonchev–Trinajstić information content (AvgIpc) is 3.10. The van der Waals surface area contributed by atoms with Gasteiger partial charge in [-0.15, -0.1) is 0 Å². The molecule has 2 aromatic rings. The van der Waals surface area contributed by atoms with Crippen LogP contribution in [0.25, 0.3) is 0 Å². The Morgan fingerprint density at radius 1 is 0.725 bits per heavy atom. The van der Waals surface area contributed by atoms with Crippen LogP contribution in [0.15, 0.2) is 93.6 Å². The molecule has 0 aromatic heterocycles. The molecule has 2 unspecified atom stereocenters. The molecule has 51 heavy (non-hydrogen) atoms. The normalized spacial score (nSPS) is 17.4. The molecule has 2 amide bonds. The van der Waals surface area contributed by atoms with E-state index in [0.29, 0.717) is 71.6 Å². The van der Waals surface area contributed by atoms with Crippen LogP contribution < -0.4 is 21.3 Å². The van der Waals surface area contributed by atoms with E-state index in [-0.39, 0.29) is 34.6 Å². The van der Waals surface area contributed by atoms with Gasteiger partial charge in [0.15, 0.2) is 0 Å². The molecule has 0 bridgehead atoms. The molecule has 2 aromatic carbocycles. The van der Waals surface area contributed by atoms with Gasteiger partial charge in [0.1, 0.15) is 6.29 Å². The highest BCUT2D eigenvalue weighted by atomic mass is 16.6. The fourth-order valence-corrected chi connectivity index (χ4v) is 6.48. The minimum atomic E-state index is -0.912. The van der Waals surface area contributed by atoms with E-state index in [1.807, 2.05) is 0 Å². The van der Waals surface area contributed by atoms with Gasteiger partial charge in [0, 0.05) is 82.8 Å². The van der Waals surface area contributed by atoms with Crippen LogP contribution in [0.4, 0.5) is 11.4 Å². The Balaban J connectivity index is 1.38. The molecule has 2 atom stereocenters. The summed E-state index contributed by atoms with van der Waals surface area (Å²) in [5.74, 6) is -3.25. The lowest BCUT2D eigenvalue weighted by Crippen LogP contribution is -2.37. The predicted octanol–water partition coefficient (Wildman–Crippen LogP) is 4.45. The van der Waals surface area contributed by atoms with Crippen molar-refractivity contribution in [1.29, 1.82) is 0 Å². The number of rotatable bonds is 14. The summed E-state index contributed by atoms with van der Waals surface area (Å²) >= 11 is 0. The van der Waals surface area contributed by atoms with Gasteiger partial charge in [0.05, 0.1) is 28.4 Å². The molecule has 268 valence electrons. The van der Waals surface area contributed by atoms with Crippen molar-refractivity contribution in [2.45, 2.75) is 58.8 Å². The highest BCUT2D eigenvalue weighted by molar-refractivity contribution is 6.02. The number of methoxy groups -OCH3 is 1. The molecular weight excluding hydrogens is 660 g/mol. The lowest BCUT2D eigenvalue weighted by Gasteiger charge is -2.30. The summed E-state index contributed by atoms with van der Waals surface area (Å²) in [5.41, 5.74) is 3.53. The molecule has 2 aliphatic heterocycles. The molecule has 15 nitrogen and oxygen atoms in total. The van der Waals surface area contributed by atoms with Crippen LogP contribution in [0.3, 0.4) is 0 Å². The van der Waals surface area contributed by atoms with Crippen LogP contribution in [-0.4, -0.2) is 54.1 Å². The van der Waals surface area contributed by atoms with E-state index in [2.05, 4.69) is 21.3 Å². The number of nitrogens with zero attached hydrogens (tertiary/aromatic N) is 2. The number of nitro groups is 2. The van der Waals surface area contributed by atoms with Crippen molar-refractivity contribution >= 4 is 35.4 Å². The number of nitro benzene ring substituents is 2. The summed E-state index contributed by atoms with van der Waals surface area (Å²) in [5, 5.41) is 34.9. The summed E-state index contributed by atoms with van der Waals surface area (Å²) in [4.78, 5) is 73.9. The number of allylic oxidation sites excluding steroid dienone is 5. The summed E-state index contributed by atoms with van der Waals surface area (Å²) in [6.07, 6.45) is 2.39. The average molecular weight is 701 g/mol. The van der Waals surface area contributed by atoms with Crippen LogP contribution >= 0.6 is 0 Å². The molecule has 0 fully saturated rings.